The van der Waals surface area contributed by atoms with Crippen LogP contribution in [0.1, 0.15) is 33.0 Å². The van der Waals surface area contributed by atoms with E-state index in [0.29, 0.717) is 11.9 Å². The summed E-state index contributed by atoms with van der Waals surface area (Å²) in [5.74, 6) is 1.79. The van der Waals surface area contributed by atoms with Gasteiger partial charge in [-0.1, -0.05) is 6.92 Å². The molecule has 84 valence electrons. The second-order valence-electron chi connectivity index (χ2n) is 3.33. The van der Waals surface area contributed by atoms with Gasteiger partial charge in [0.15, 0.2) is 0 Å². The fraction of sp³-hybridized carbons (Fsp3) is 0.700. The predicted molar refractivity (Wildman–Crippen MR) is 61.8 cm³/mol. The standard InChI is InChI=1S/C10H19N5/c1-4-7-8-12-9(11)14-10(13-8)15(5-2)6-3/h4-7H2,1-3H3,(H2,11,12,13,14). The minimum Gasteiger partial charge on any atom is -0.368 e. The molecule has 1 aromatic rings. The maximum absolute atomic E-state index is 5.65. The van der Waals surface area contributed by atoms with E-state index in [4.69, 9.17) is 5.73 Å². The van der Waals surface area contributed by atoms with Gasteiger partial charge in [-0.3, -0.25) is 0 Å². The number of anilines is 2. The Morgan fingerprint density at radius 1 is 1.07 bits per heavy atom. The molecule has 0 aromatic carbocycles. The molecular formula is C10H19N5. The van der Waals surface area contributed by atoms with Gasteiger partial charge < -0.3 is 10.6 Å². The maximum atomic E-state index is 5.65. The summed E-state index contributed by atoms with van der Waals surface area (Å²) in [5.41, 5.74) is 5.65. The molecule has 2 N–H and O–H groups in total. The average Bonchev–Trinajstić information content (AvgIpc) is 2.19. The molecule has 0 unspecified atom stereocenters. The van der Waals surface area contributed by atoms with Gasteiger partial charge >= 0.3 is 0 Å². The third-order valence-electron chi connectivity index (χ3n) is 2.21. The summed E-state index contributed by atoms with van der Waals surface area (Å²) in [6.45, 7) is 8.00. The van der Waals surface area contributed by atoms with Crippen molar-refractivity contribution in [1.82, 2.24) is 15.0 Å². The van der Waals surface area contributed by atoms with Crippen LogP contribution in [-0.4, -0.2) is 28.0 Å². The molecule has 0 atom stereocenters. The summed E-state index contributed by atoms with van der Waals surface area (Å²) in [5, 5.41) is 0. The van der Waals surface area contributed by atoms with Crippen LogP contribution in [0.5, 0.6) is 0 Å². The molecule has 0 radical (unpaired) electrons. The number of hydrogen-bond acceptors (Lipinski definition) is 5. The zero-order chi connectivity index (χ0) is 11.3. The summed E-state index contributed by atoms with van der Waals surface area (Å²) in [6, 6.07) is 0. The lowest BCUT2D eigenvalue weighted by atomic mass is 10.3. The summed E-state index contributed by atoms with van der Waals surface area (Å²) >= 11 is 0. The van der Waals surface area contributed by atoms with Crippen LogP contribution in [-0.2, 0) is 6.42 Å². The molecular weight excluding hydrogens is 190 g/mol. The number of nitrogens with zero attached hydrogens (tertiary/aromatic N) is 4. The fourth-order valence-corrected chi connectivity index (χ4v) is 1.41. The SMILES string of the molecule is CCCc1nc(N)nc(N(CC)CC)n1. The molecule has 0 spiro atoms. The van der Waals surface area contributed by atoms with Gasteiger partial charge in [0.05, 0.1) is 0 Å². The molecule has 1 rings (SSSR count). The molecule has 0 aliphatic rings. The first-order valence-electron chi connectivity index (χ1n) is 5.46. The zero-order valence-corrected chi connectivity index (χ0v) is 9.69. The van der Waals surface area contributed by atoms with Gasteiger partial charge in [0.2, 0.25) is 11.9 Å². The van der Waals surface area contributed by atoms with Crippen LogP contribution in [0.25, 0.3) is 0 Å². The number of aryl methyl sites for hydroxylation is 1. The molecule has 0 saturated carbocycles. The van der Waals surface area contributed by atoms with Crippen LogP contribution in [0.2, 0.25) is 0 Å². The Labute approximate surface area is 90.7 Å². The van der Waals surface area contributed by atoms with Crippen molar-refractivity contribution in [2.24, 2.45) is 0 Å². The summed E-state index contributed by atoms with van der Waals surface area (Å²) < 4.78 is 0. The van der Waals surface area contributed by atoms with Crippen molar-refractivity contribution in [1.29, 1.82) is 0 Å². The first-order valence-corrected chi connectivity index (χ1v) is 5.46. The second kappa shape index (κ2) is 5.48. The monoisotopic (exact) mass is 209 g/mol. The highest BCUT2D eigenvalue weighted by molar-refractivity contribution is 5.34. The predicted octanol–water partition coefficient (Wildman–Crippen LogP) is 1.25. The smallest absolute Gasteiger partial charge is 0.230 e. The van der Waals surface area contributed by atoms with Gasteiger partial charge in [-0.05, 0) is 20.3 Å². The van der Waals surface area contributed by atoms with E-state index in [-0.39, 0.29) is 0 Å². The molecule has 1 heterocycles. The van der Waals surface area contributed by atoms with Crippen molar-refractivity contribution in [3.8, 4) is 0 Å². The lowest BCUT2D eigenvalue weighted by Gasteiger charge is -2.18. The largest absolute Gasteiger partial charge is 0.368 e. The van der Waals surface area contributed by atoms with E-state index in [1.54, 1.807) is 0 Å². The Hall–Kier alpha value is -1.39. The van der Waals surface area contributed by atoms with Crippen LogP contribution in [0, 0.1) is 0 Å². The van der Waals surface area contributed by atoms with Crippen molar-refractivity contribution < 1.29 is 0 Å². The first kappa shape index (κ1) is 11.7. The molecule has 15 heavy (non-hydrogen) atoms. The van der Waals surface area contributed by atoms with Gasteiger partial charge in [0, 0.05) is 19.5 Å². The van der Waals surface area contributed by atoms with Crippen molar-refractivity contribution in [3.63, 3.8) is 0 Å². The Kier molecular flexibility index (Phi) is 4.27. The summed E-state index contributed by atoms with van der Waals surface area (Å²) in [4.78, 5) is 14.7. The quantitative estimate of drug-likeness (QED) is 0.790. The van der Waals surface area contributed by atoms with Crippen molar-refractivity contribution in [2.45, 2.75) is 33.6 Å². The van der Waals surface area contributed by atoms with Crippen molar-refractivity contribution in [2.75, 3.05) is 23.7 Å². The summed E-state index contributed by atoms with van der Waals surface area (Å²) in [7, 11) is 0. The van der Waals surface area contributed by atoms with Gasteiger partial charge in [-0.25, -0.2) is 0 Å². The first-order chi connectivity index (χ1) is 7.21. The van der Waals surface area contributed by atoms with E-state index >= 15 is 0 Å². The molecule has 0 fully saturated rings. The van der Waals surface area contributed by atoms with Crippen LogP contribution >= 0.6 is 0 Å². The maximum Gasteiger partial charge on any atom is 0.230 e. The number of aromatic nitrogens is 3. The number of nitrogen functional groups attached to an aromatic ring is 1. The molecule has 0 saturated heterocycles. The van der Waals surface area contributed by atoms with E-state index in [0.717, 1.165) is 31.8 Å². The molecule has 5 nitrogen and oxygen atoms in total. The molecule has 0 aliphatic carbocycles. The number of rotatable bonds is 5. The highest BCUT2D eigenvalue weighted by Crippen LogP contribution is 2.09. The minimum atomic E-state index is 0.315. The van der Waals surface area contributed by atoms with Crippen LogP contribution in [0.3, 0.4) is 0 Å². The zero-order valence-electron chi connectivity index (χ0n) is 9.69. The van der Waals surface area contributed by atoms with Gasteiger partial charge in [-0.2, -0.15) is 15.0 Å². The van der Waals surface area contributed by atoms with E-state index in [1.807, 2.05) is 0 Å². The Morgan fingerprint density at radius 3 is 2.27 bits per heavy atom. The van der Waals surface area contributed by atoms with E-state index in [1.165, 1.54) is 0 Å². The van der Waals surface area contributed by atoms with Crippen LogP contribution in [0.4, 0.5) is 11.9 Å². The lowest BCUT2D eigenvalue weighted by Crippen LogP contribution is -2.25. The Morgan fingerprint density at radius 2 is 1.73 bits per heavy atom. The minimum absolute atomic E-state index is 0.315. The average molecular weight is 209 g/mol. The van der Waals surface area contributed by atoms with Crippen molar-refractivity contribution in [3.05, 3.63) is 5.82 Å². The lowest BCUT2D eigenvalue weighted by molar-refractivity contribution is 0.772. The highest BCUT2D eigenvalue weighted by atomic mass is 15.3. The third kappa shape index (κ3) is 3.04. The van der Waals surface area contributed by atoms with Crippen molar-refractivity contribution >= 4 is 11.9 Å². The topological polar surface area (TPSA) is 67.9 Å². The van der Waals surface area contributed by atoms with E-state index in [2.05, 4.69) is 40.6 Å². The van der Waals surface area contributed by atoms with E-state index in [9.17, 15) is 0 Å². The number of nitrogens with two attached hydrogens (primary N) is 1. The van der Waals surface area contributed by atoms with E-state index < -0.39 is 0 Å². The normalized spacial score (nSPS) is 10.3. The second-order valence-corrected chi connectivity index (χ2v) is 3.33. The molecule has 5 heteroatoms. The Bertz CT molecular complexity index is 309. The van der Waals surface area contributed by atoms with Crippen LogP contribution in [0.15, 0.2) is 0 Å². The third-order valence-corrected chi connectivity index (χ3v) is 2.21. The van der Waals surface area contributed by atoms with Crippen LogP contribution < -0.4 is 10.6 Å². The molecule has 0 bridgehead atoms. The molecule has 1 aromatic heterocycles. The molecule has 0 amide bonds. The summed E-state index contributed by atoms with van der Waals surface area (Å²) in [6.07, 6.45) is 1.86. The van der Waals surface area contributed by atoms with Gasteiger partial charge in [0.25, 0.3) is 0 Å². The Balaban J connectivity index is 2.96. The number of hydrogen-bond donors (Lipinski definition) is 1. The highest BCUT2D eigenvalue weighted by Gasteiger charge is 2.08. The van der Waals surface area contributed by atoms with Gasteiger partial charge in [-0.15, -0.1) is 0 Å². The molecule has 0 aliphatic heterocycles. The van der Waals surface area contributed by atoms with Gasteiger partial charge in [0.1, 0.15) is 5.82 Å². The fourth-order valence-electron chi connectivity index (χ4n) is 1.41.